The van der Waals surface area contributed by atoms with Gasteiger partial charge in [-0.3, -0.25) is 0 Å². The first-order chi connectivity index (χ1) is 7.79. The van der Waals surface area contributed by atoms with Gasteiger partial charge in [0, 0.05) is 6.04 Å². The van der Waals surface area contributed by atoms with Gasteiger partial charge in [0.15, 0.2) is 0 Å². The zero-order valence-electron chi connectivity index (χ0n) is 10.6. The normalized spacial score (nSPS) is 26.6. The van der Waals surface area contributed by atoms with Gasteiger partial charge in [-0.05, 0) is 70.7 Å². The van der Waals surface area contributed by atoms with E-state index in [1.165, 1.54) is 45.2 Å². The molecule has 94 valence electrons. The summed E-state index contributed by atoms with van der Waals surface area (Å²) in [6.45, 7) is 4.51. The molecule has 1 aliphatic heterocycles. The van der Waals surface area contributed by atoms with E-state index in [-0.39, 0.29) is 0 Å². The minimum absolute atomic E-state index is 0.703. The molecule has 0 spiro atoms. The van der Waals surface area contributed by atoms with E-state index in [1.54, 1.807) is 0 Å². The Balaban J connectivity index is 1.70. The zero-order chi connectivity index (χ0) is 11.4. The molecule has 0 aromatic rings. The van der Waals surface area contributed by atoms with Crippen molar-refractivity contribution >= 4 is 0 Å². The highest BCUT2D eigenvalue weighted by atomic mass is 15.1. The van der Waals surface area contributed by atoms with Crippen molar-refractivity contribution in [3.8, 4) is 0 Å². The molecular formula is C13H27N3. The van der Waals surface area contributed by atoms with Crippen molar-refractivity contribution in [1.29, 1.82) is 0 Å². The largest absolute Gasteiger partial charge is 0.330 e. The molecule has 1 heterocycles. The van der Waals surface area contributed by atoms with Gasteiger partial charge in [-0.15, -0.1) is 0 Å². The van der Waals surface area contributed by atoms with E-state index >= 15 is 0 Å². The molecule has 3 N–H and O–H groups in total. The van der Waals surface area contributed by atoms with Gasteiger partial charge >= 0.3 is 0 Å². The van der Waals surface area contributed by atoms with E-state index in [1.807, 2.05) is 0 Å². The topological polar surface area (TPSA) is 41.3 Å². The molecule has 3 nitrogen and oxygen atoms in total. The Morgan fingerprint density at radius 2 is 1.94 bits per heavy atom. The fourth-order valence-electron chi connectivity index (χ4n) is 2.87. The second kappa shape index (κ2) is 5.99. The highest BCUT2D eigenvalue weighted by molar-refractivity contribution is 4.82. The molecule has 2 aliphatic rings. The van der Waals surface area contributed by atoms with E-state index in [0.29, 0.717) is 5.92 Å². The Bertz CT molecular complexity index is 195. The SMILES string of the molecule is CN1CCC(C(CN)CNC2CCC2)CC1. The van der Waals surface area contributed by atoms with E-state index in [2.05, 4.69) is 17.3 Å². The van der Waals surface area contributed by atoms with Crippen LogP contribution in [0, 0.1) is 11.8 Å². The first-order valence-electron chi connectivity index (χ1n) is 6.91. The number of hydrogen-bond donors (Lipinski definition) is 2. The summed E-state index contributed by atoms with van der Waals surface area (Å²) in [6.07, 6.45) is 6.85. The van der Waals surface area contributed by atoms with Crippen LogP contribution in [-0.4, -0.2) is 44.2 Å². The predicted octanol–water partition coefficient (Wildman–Crippen LogP) is 1.05. The third kappa shape index (κ3) is 3.19. The molecule has 0 bridgehead atoms. The fraction of sp³-hybridized carbons (Fsp3) is 1.00. The van der Waals surface area contributed by atoms with Crippen molar-refractivity contribution in [1.82, 2.24) is 10.2 Å². The Morgan fingerprint density at radius 3 is 2.44 bits per heavy atom. The molecule has 0 amide bonds. The highest BCUT2D eigenvalue weighted by Gasteiger charge is 2.25. The van der Waals surface area contributed by atoms with Crippen LogP contribution in [0.2, 0.25) is 0 Å². The molecule has 1 saturated carbocycles. The lowest BCUT2D eigenvalue weighted by atomic mass is 9.83. The van der Waals surface area contributed by atoms with Gasteiger partial charge in [0.1, 0.15) is 0 Å². The molecule has 16 heavy (non-hydrogen) atoms. The van der Waals surface area contributed by atoms with Crippen molar-refractivity contribution in [3.63, 3.8) is 0 Å². The van der Waals surface area contributed by atoms with Gasteiger partial charge in [0.05, 0.1) is 0 Å². The third-order valence-electron chi connectivity index (χ3n) is 4.51. The summed E-state index contributed by atoms with van der Waals surface area (Å²) in [5.74, 6) is 1.56. The monoisotopic (exact) mass is 225 g/mol. The summed E-state index contributed by atoms with van der Waals surface area (Å²) in [6, 6.07) is 0.806. The predicted molar refractivity (Wildman–Crippen MR) is 68.4 cm³/mol. The lowest BCUT2D eigenvalue weighted by Crippen LogP contribution is -2.44. The molecule has 1 aliphatic carbocycles. The van der Waals surface area contributed by atoms with E-state index < -0.39 is 0 Å². The maximum Gasteiger partial charge on any atom is 0.00672 e. The first-order valence-corrected chi connectivity index (χ1v) is 6.91. The van der Waals surface area contributed by atoms with E-state index in [9.17, 15) is 0 Å². The van der Waals surface area contributed by atoms with Crippen molar-refractivity contribution in [2.24, 2.45) is 17.6 Å². The molecular weight excluding hydrogens is 198 g/mol. The van der Waals surface area contributed by atoms with Gasteiger partial charge in [0.2, 0.25) is 0 Å². The second-order valence-corrected chi connectivity index (χ2v) is 5.67. The molecule has 3 heteroatoms. The average molecular weight is 225 g/mol. The fourth-order valence-corrected chi connectivity index (χ4v) is 2.87. The Kier molecular flexibility index (Phi) is 4.62. The summed E-state index contributed by atoms with van der Waals surface area (Å²) in [7, 11) is 2.22. The van der Waals surface area contributed by atoms with Crippen molar-refractivity contribution in [3.05, 3.63) is 0 Å². The minimum Gasteiger partial charge on any atom is -0.330 e. The number of nitrogens with zero attached hydrogens (tertiary/aromatic N) is 1. The summed E-state index contributed by atoms with van der Waals surface area (Å²) in [4.78, 5) is 2.43. The van der Waals surface area contributed by atoms with Crippen LogP contribution in [0.5, 0.6) is 0 Å². The second-order valence-electron chi connectivity index (χ2n) is 5.67. The molecule has 2 fully saturated rings. The van der Waals surface area contributed by atoms with Crippen LogP contribution >= 0.6 is 0 Å². The van der Waals surface area contributed by atoms with Crippen LogP contribution in [0.15, 0.2) is 0 Å². The molecule has 1 unspecified atom stereocenters. The summed E-state index contributed by atoms with van der Waals surface area (Å²) < 4.78 is 0. The summed E-state index contributed by atoms with van der Waals surface area (Å²) >= 11 is 0. The van der Waals surface area contributed by atoms with Crippen LogP contribution in [0.4, 0.5) is 0 Å². The number of hydrogen-bond acceptors (Lipinski definition) is 3. The van der Waals surface area contributed by atoms with Crippen molar-refractivity contribution < 1.29 is 0 Å². The molecule has 0 radical (unpaired) electrons. The average Bonchev–Trinajstić information content (AvgIpc) is 2.24. The summed E-state index contributed by atoms with van der Waals surface area (Å²) in [5.41, 5.74) is 5.93. The standard InChI is InChI=1S/C13H27N3/c1-16-7-5-11(6-8-16)12(9-14)10-15-13-3-2-4-13/h11-13,15H,2-10,14H2,1H3. The molecule has 0 aromatic carbocycles. The van der Waals surface area contributed by atoms with Crippen LogP contribution in [-0.2, 0) is 0 Å². The van der Waals surface area contributed by atoms with E-state index in [0.717, 1.165) is 25.0 Å². The van der Waals surface area contributed by atoms with E-state index in [4.69, 9.17) is 5.73 Å². The number of nitrogens with two attached hydrogens (primary N) is 1. The molecule has 0 aromatic heterocycles. The van der Waals surface area contributed by atoms with Gasteiger partial charge < -0.3 is 16.0 Å². The van der Waals surface area contributed by atoms with Crippen LogP contribution < -0.4 is 11.1 Å². The number of likely N-dealkylation sites (tertiary alicyclic amines) is 1. The van der Waals surface area contributed by atoms with Crippen molar-refractivity contribution in [2.45, 2.75) is 38.1 Å². The minimum atomic E-state index is 0.703. The lowest BCUT2D eigenvalue weighted by molar-refractivity contribution is 0.165. The zero-order valence-corrected chi connectivity index (χ0v) is 10.6. The Labute approximate surface area is 99.8 Å². The number of rotatable bonds is 5. The van der Waals surface area contributed by atoms with Gasteiger partial charge in [-0.2, -0.15) is 0 Å². The maximum atomic E-state index is 5.93. The van der Waals surface area contributed by atoms with Crippen LogP contribution in [0.25, 0.3) is 0 Å². The van der Waals surface area contributed by atoms with Crippen molar-refractivity contribution in [2.75, 3.05) is 33.2 Å². The first kappa shape index (κ1) is 12.3. The smallest absolute Gasteiger partial charge is 0.00672 e. The molecule has 2 rings (SSSR count). The lowest BCUT2D eigenvalue weighted by Gasteiger charge is -2.36. The number of nitrogens with one attached hydrogen (secondary N) is 1. The Morgan fingerprint density at radius 1 is 1.25 bits per heavy atom. The van der Waals surface area contributed by atoms with Gasteiger partial charge in [-0.25, -0.2) is 0 Å². The van der Waals surface area contributed by atoms with Crippen LogP contribution in [0.1, 0.15) is 32.1 Å². The molecule has 1 saturated heterocycles. The highest BCUT2D eigenvalue weighted by Crippen LogP contribution is 2.25. The van der Waals surface area contributed by atoms with Crippen LogP contribution in [0.3, 0.4) is 0 Å². The third-order valence-corrected chi connectivity index (χ3v) is 4.51. The van der Waals surface area contributed by atoms with Gasteiger partial charge in [-0.1, -0.05) is 6.42 Å². The quantitative estimate of drug-likeness (QED) is 0.735. The number of piperidine rings is 1. The van der Waals surface area contributed by atoms with Gasteiger partial charge in [0.25, 0.3) is 0 Å². The molecule has 1 atom stereocenters. The Hall–Kier alpha value is -0.120. The maximum absolute atomic E-state index is 5.93. The summed E-state index contributed by atoms with van der Waals surface area (Å²) in [5, 5.41) is 3.69.